The highest BCUT2D eigenvalue weighted by Gasteiger charge is 2.15. The molecule has 100 valence electrons. The zero-order chi connectivity index (χ0) is 13.2. The molecule has 1 aromatic heterocycles. The zero-order valence-electron chi connectivity index (χ0n) is 11.3. The van der Waals surface area contributed by atoms with E-state index in [1.165, 1.54) is 16.8 Å². The van der Waals surface area contributed by atoms with E-state index in [4.69, 9.17) is 0 Å². The van der Waals surface area contributed by atoms with E-state index in [-0.39, 0.29) is 6.04 Å². The van der Waals surface area contributed by atoms with Gasteiger partial charge in [-0.2, -0.15) is 0 Å². The van der Waals surface area contributed by atoms with Gasteiger partial charge in [-0.05, 0) is 24.5 Å². The third-order valence-corrected chi connectivity index (χ3v) is 3.67. The summed E-state index contributed by atoms with van der Waals surface area (Å²) in [6.45, 7) is 4.00. The molecule has 1 aliphatic rings. The number of aryl methyl sites for hydroxylation is 1. The van der Waals surface area contributed by atoms with Crippen molar-refractivity contribution in [2.75, 3.05) is 11.9 Å². The maximum Gasteiger partial charge on any atom is 0.149 e. The molecule has 0 fully saturated rings. The molecule has 0 aliphatic carbocycles. The van der Waals surface area contributed by atoms with Crippen molar-refractivity contribution in [2.45, 2.75) is 25.9 Å². The zero-order valence-corrected chi connectivity index (χ0v) is 11.3. The van der Waals surface area contributed by atoms with Crippen LogP contribution in [-0.2, 0) is 20.0 Å². The molecule has 0 amide bonds. The molecular weight excluding hydrogens is 238 g/mol. The third kappa shape index (κ3) is 2.33. The lowest BCUT2D eigenvalue weighted by Crippen LogP contribution is -2.21. The lowest BCUT2D eigenvalue weighted by Gasteiger charge is -2.15. The smallest absolute Gasteiger partial charge is 0.149 e. The van der Waals surface area contributed by atoms with Crippen LogP contribution < -0.4 is 10.6 Å². The first kappa shape index (κ1) is 12.2. The minimum Gasteiger partial charge on any atom is -0.384 e. The van der Waals surface area contributed by atoms with Crippen molar-refractivity contribution < 1.29 is 0 Å². The van der Waals surface area contributed by atoms with E-state index in [9.17, 15) is 0 Å². The summed E-state index contributed by atoms with van der Waals surface area (Å²) in [5.74, 6) is 0.959. The average Bonchev–Trinajstić information content (AvgIpc) is 3.04. The Morgan fingerprint density at radius 1 is 1.47 bits per heavy atom. The van der Waals surface area contributed by atoms with Gasteiger partial charge in [0.15, 0.2) is 0 Å². The quantitative estimate of drug-likeness (QED) is 0.874. The predicted octanol–water partition coefficient (Wildman–Crippen LogP) is 1.63. The second-order valence-corrected chi connectivity index (χ2v) is 5.03. The standard InChI is InChI=1S/C14H19N5/c1-10(14-18-17-9-19(14)2)16-8-12-5-3-4-11-6-7-15-13(11)12/h3-5,9-10,15-16H,6-8H2,1-2H3. The van der Waals surface area contributed by atoms with E-state index in [1.807, 2.05) is 11.6 Å². The Kier molecular flexibility index (Phi) is 3.21. The van der Waals surface area contributed by atoms with Gasteiger partial charge >= 0.3 is 0 Å². The van der Waals surface area contributed by atoms with Gasteiger partial charge in [0, 0.05) is 25.8 Å². The van der Waals surface area contributed by atoms with E-state index in [1.54, 1.807) is 6.33 Å². The predicted molar refractivity (Wildman–Crippen MR) is 74.9 cm³/mol. The molecule has 0 saturated carbocycles. The lowest BCUT2D eigenvalue weighted by molar-refractivity contribution is 0.529. The summed E-state index contributed by atoms with van der Waals surface area (Å²) in [5, 5.41) is 15.0. The number of nitrogens with zero attached hydrogens (tertiary/aromatic N) is 3. The van der Waals surface area contributed by atoms with Gasteiger partial charge in [-0.15, -0.1) is 10.2 Å². The van der Waals surface area contributed by atoms with Gasteiger partial charge in [0.25, 0.3) is 0 Å². The highest BCUT2D eigenvalue weighted by molar-refractivity contribution is 5.61. The van der Waals surface area contributed by atoms with Crippen LogP contribution >= 0.6 is 0 Å². The number of aromatic nitrogens is 3. The second kappa shape index (κ2) is 5.01. The van der Waals surface area contributed by atoms with Gasteiger partial charge < -0.3 is 15.2 Å². The summed E-state index contributed by atoms with van der Waals surface area (Å²) in [6.07, 6.45) is 2.86. The van der Waals surface area contributed by atoms with Crippen LogP contribution in [0.3, 0.4) is 0 Å². The summed E-state index contributed by atoms with van der Waals surface area (Å²) in [5.41, 5.74) is 4.05. The summed E-state index contributed by atoms with van der Waals surface area (Å²) in [4.78, 5) is 0. The summed E-state index contributed by atoms with van der Waals surface area (Å²) in [6, 6.07) is 6.69. The number of hydrogen-bond donors (Lipinski definition) is 2. The maximum absolute atomic E-state index is 4.14. The molecule has 1 unspecified atom stereocenters. The molecule has 1 aliphatic heterocycles. The number of anilines is 1. The van der Waals surface area contributed by atoms with Gasteiger partial charge in [-0.1, -0.05) is 18.2 Å². The number of benzene rings is 1. The maximum atomic E-state index is 4.14. The van der Waals surface area contributed by atoms with Crippen molar-refractivity contribution in [2.24, 2.45) is 7.05 Å². The van der Waals surface area contributed by atoms with E-state index < -0.39 is 0 Å². The Labute approximate surface area is 113 Å². The summed E-state index contributed by atoms with van der Waals surface area (Å²) < 4.78 is 1.95. The van der Waals surface area contributed by atoms with E-state index in [0.717, 1.165) is 25.3 Å². The molecule has 1 atom stereocenters. The van der Waals surface area contributed by atoms with Crippen LogP contribution in [0.4, 0.5) is 5.69 Å². The van der Waals surface area contributed by atoms with Gasteiger partial charge in [-0.25, -0.2) is 0 Å². The number of nitrogens with one attached hydrogen (secondary N) is 2. The fourth-order valence-electron chi connectivity index (χ4n) is 2.60. The van der Waals surface area contributed by atoms with Crippen LogP contribution in [0.5, 0.6) is 0 Å². The third-order valence-electron chi connectivity index (χ3n) is 3.67. The molecule has 1 aromatic carbocycles. The summed E-state index contributed by atoms with van der Waals surface area (Å²) in [7, 11) is 1.97. The van der Waals surface area contributed by atoms with Gasteiger partial charge in [0.05, 0.1) is 6.04 Å². The lowest BCUT2D eigenvalue weighted by atomic mass is 10.1. The van der Waals surface area contributed by atoms with Crippen LogP contribution in [0.1, 0.15) is 29.9 Å². The largest absolute Gasteiger partial charge is 0.384 e. The molecule has 0 spiro atoms. The molecule has 2 heterocycles. The molecular formula is C14H19N5. The number of fused-ring (bicyclic) bond motifs is 1. The summed E-state index contributed by atoms with van der Waals surface area (Å²) >= 11 is 0. The SMILES string of the molecule is CC(NCc1cccc2c1NCC2)c1nncn1C. The Bertz CT molecular complexity index is 575. The van der Waals surface area contributed by atoms with Crippen molar-refractivity contribution in [3.05, 3.63) is 41.5 Å². The van der Waals surface area contributed by atoms with Gasteiger partial charge in [-0.3, -0.25) is 0 Å². The fraction of sp³-hybridized carbons (Fsp3) is 0.429. The fourth-order valence-corrected chi connectivity index (χ4v) is 2.60. The average molecular weight is 257 g/mol. The van der Waals surface area contributed by atoms with Crippen LogP contribution in [0, 0.1) is 0 Å². The minimum atomic E-state index is 0.185. The first-order valence-electron chi connectivity index (χ1n) is 6.67. The van der Waals surface area contributed by atoms with Crippen LogP contribution in [0.15, 0.2) is 24.5 Å². The highest BCUT2D eigenvalue weighted by Crippen LogP contribution is 2.26. The van der Waals surface area contributed by atoms with E-state index >= 15 is 0 Å². The molecule has 2 N–H and O–H groups in total. The van der Waals surface area contributed by atoms with E-state index in [0.29, 0.717) is 0 Å². The highest BCUT2D eigenvalue weighted by atomic mass is 15.3. The van der Waals surface area contributed by atoms with Crippen molar-refractivity contribution in [3.63, 3.8) is 0 Å². The van der Waals surface area contributed by atoms with Crippen LogP contribution in [0.2, 0.25) is 0 Å². The van der Waals surface area contributed by atoms with Gasteiger partial charge in [0.1, 0.15) is 12.2 Å². The van der Waals surface area contributed by atoms with Crippen molar-refractivity contribution in [1.29, 1.82) is 0 Å². The number of para-hydroxylation sites is 1. The molecule has 0 bridgehead atoms. The molecule has 2 aromatic rings. The number of rotatable bonds is 4. The monoisotopic (exact) mass is 257 g/mol. The van der Waals surface area contributed by atoms with Crippen molar-refractivity contribution in [1.82, 2.24) is 20.1 Å². The normalized spacial score (nSPS) is 15.1. The topological polar surface area (TPSA) is 54.8 Å². The molecule has 0 radical (unpaired) electrons. The molecule has 5 heteroatoms. The first-order valence-corrected chi connectivity index (χ1v) is 6.67. The molecule has 5 nitrogen and oxygen atoms in total. The van der Waals surface area contributed by atoms with Crippen molar-refractivity contribution >= 4 is 5.69 Å². The first-order chi connectivity index (χ1) is 9.25. The van der Waals surface area contributed by atoms with E-state index in [2.05, 4.69) is 46.0 Å². The second-order valence-electron chi connectivity index (χ2n) is 5.03. The van der Waals surface area contributed by atoms with Gasteiger partial charge in [0.2, 0.25) is 0 Å². The molecule has 0 saturated heterocycles. The minimum absolute atomic E-state index is 0.185. The van der Waals surface area contributed by atoms with Crippen LogP contribution in [0.25, 0.3) is 0 Å². The van der Waals surface area contributed by atoms with Crippen LogP contribution in [-0.4, -0.2) is 21.3 Å². The Morgan fingerprint density at radius 2 is 2.37 bits per heavy atom. The Balaban J connectivity index is 1.70. The number of hydrogen-bond acceptors (Lipinski definition) is 4. The Hall–Kier alpha value is -1.88. The van der Waals surface area contributed by atoms with Crippen molar-refractivity contribution in [3.8, 4) is 0 Å². The molecule has 19 heavy (non-hydrogen) atoms. The molecule has 3 rings (SSSR count). The Morgan fingerprint density at radius 3 is 3.16 bits per heavy atom.